The molecule has 0 atom stereocenters. The second-order valence-corrected chi connectivity index (χ2v) is 3.38. The Bertz CT molecular complexity index is 391. The molecule has 0 unspecified atom stereocenters. The van der Waals surface area contributed by atoms with Gasteiger partial charge in [-0.2, -0.15) is 0 Å². The van der Waals surface area contributed by atoms with Gasteiger partial charge in [0.2, 0.25) is 0 Å². The highest BCUT2D eigenvalue weighted by atomic mass is 16.6. The minimum absolute atomic E-state index is 0.0301. The van der Waals surface area contributed by atoms with Crippen LogP contribution in [-0.2, 0) is 19.1 Å². The van der Waals surface area contributed by atoms with Gasteiger partial charge in [-0.3, -0.25) is 0 Å². The highest BCUT2D eigenvalue weighted by Crippen LogP contribution is 2.26. The van der Waals surface area contributed by atoms with Gasteiger partial charge in [0.1, 0.15) is 0 Å². The predicted octanol–water partition coefficient (Wildman–Crippen LogP) is 1.52. The van der Waals surface area contributed by atoms with Gasteiger partial charge in [-0.25, -0.2) is 9.59 Å². The molecule has 0 bridgehead atoms. The van der Waals surface area contributed by atoms with Crippen molar-refractivity contribution in [2.24, 2.45) is 0 Å². The Balaban J connectivity index is 0.000000342. The number of phenolic OH excluding ortho intramolecular Hbond substituents is 2. The van der Waals surface area contributed by atoms with Gasteiger partial charge in [0.25, 0.3) is 0 Å². The number of carbonyl (C=O) groups is 2. The van der Waals surface area contributed by atoms with E-state index >= 15 is 0 Å². The largest absolute Gasteiger partial charge is 0.504 e. The van der Waals surface area contributed by atoms with Gasteiger partial charge in [0, 0.05) is 0 Å². The second kappa shape index (κ2) is 8.79. The first-order valence-corrected chi connectivity index (χ1v) is 5.75. The van der Waals surface area contributed by atoms with Crippen molar-refractivity contribution in [2.45, 2.75) is 20.8 Å². The van der Waals surface area contributed by atoms with Gasteiger partial charge in [-0.1, -0.05) is 12.1 Å². The van der Waals surface area contributed by atoms with Crippen LogP contribution in [-0.4, -0.2) is 35.4 Å². The minimum atomic E-state index is -0.927. The van der Waals surface area contributed by atoms with Crippen LogP contribution in [0.3, 0.4) is 0 Å². The summed E-state index contributed by atoms with van der Waals surface area (Å²) in [4.78, 5) is 20.9. The van der Waals surface area contributed by atoms with Gasteiger partial charge in [0.05, 0.1) is 13.2 Å². The first-order valence-electron chi connectivity index (χ1n) is 5.75. The zero-order valence-corrected chi connectivity index (χ0v) is 11.2. The molecule has 0 spiro atoms. The number of aryl methyl sites for hydroxylation is 1. The Kier molecular flexibility index (Phi) is 7.76. The van der Waals surface area contributed by atoms with E-state index in [1.807, 2.05) is 0 Å². The molecule has 0 amide bonds. The zero-order chi connectivity index (χ0) is 14.8. The molecule has 0 saturated carbocycles. The van der Waals surface area contributed by atoms with E-state index in [1.165, 1.54) is 6.07 Å². The molecule has 1 rings (SSSR count). The normalized spacial score (nSPS) is 9.00. The van der Waals surface area contributed by atoms with E-state index in [2.05, 4.69) is 9.47 Å². The highest BCUT2D eigenvalue weighted by molar-refractivity contribution is 6.29. The average molecular weight is 270 g/mol. The molecular formula is C13H18O6. The summed E-state index contributed by atoms with van der Waals surface area (Å²) >= 11 is 0. The van der Waals surface area contributed by atoms with Crippen molar-refractivity contribution in [2.75, 3.05) is 13.2 Å². The standard InChI is InChI=1S/C7H8O2.C6H10O4/c1-5-3-2-4-6(8)7(5)9;1-3-9-5(7)6(8)10-4-2/h2-4,8-9H,1H3;3-4H2,1-2H3. The SMILES string of the molecule is CCOC(=O)C(=O)OCC.Cc1cccc(O)c1O. The summed E-state index contributed by atoms with van der Waals surface area (Å²) in [5.41, 5.74) is 0.690. The number of aromatic hydroxyl groups is 2. The van der Waals surface area contributed by atoms with Gasteiger partial charge >= 0.3 is 11.9 Å². The lowest BCUT2D eigenvalue weighted by molar-refractivity contribution is -0.167. The molecule has 2 N–H and O–H groups in total. The number of phenols is 2. The van der Waals surface area contributed by atoms with Crippen LogP contribution in [0.25, 0.3) is 0 Å². The number of rotatable bonds is 2. The van der Waals surface area contributed by atoms with Crippen LogP contribution in [0.1, 0.15) is 19.4 Å². The van der Waals surface area contributed by atoms with E-state index in [4.69, 9.17) is 10.2 Å². The molecule has 0 radical (unpaired) electrons. The second-order valence-electron chi connectivity index (χ2n) is 3.38. The quantitative estimate of drug-likeness (QED) is 0.481. The molecule has 1 aromatic rings. The lowest BCUT2D eigenvalue weighted by atomic mass is 10.2. The van der Waals surface area contributed by atoms with Gasteiger partial charge in [-0.15, -0.1) is 0 Å². The lowest BCUT2D eigenvalue weighted by Gasteiger charge is -1.99. The summed E-state index contributed by atoms with van der Waals surface area (Å²) < 4.78 is 8.69. The Morgan fingerprint density at radius 3 is 1.84 bits per heavy atom. The molecule has 0 aliphatic heterocycles. The first-order chi connectivity index (χ1) is 8.93. The van der Waals surface area contributed by atoms with Crippen molar-refractivity contribution >= 4 is 11.9 Å². The maximum Gasteiger partial charge on any atom is 0.417 e. The molecule has 6 nitrogen and oxygen atoms in total. The van der Waals surface area contributed by atoms with Crippen LogP contribution >= 0.6 is 0 Å². The molecule has 0 saturated heterocycles. The third kappa shape index (κ3) is 6.30. The van der Waals surface area contributed by atoms with Crippen LogP contribution in [0.4, 0.5) is 0 Å². The maximum atomic E-state index is 10.4. The zero-order valence-electron chi connectivity index (χ0n) is 11.2. The van der Waals surface area contributed by atoms with Crippen LogP contribution in [0.2, 0.25) is 0 Å². The fraction of sp³-hybridized carbons (Fsp3) is 0.385. The molecule has 0 aliphatic rings. The summed E-state index contributed by atoms with van der Waals surface area (Å²) in [7, 11) is 0. The molecule has 0 aromatic heterocycles. The number of benzene rings is 1. The Labute approximate surface area is 111 Å². The van der Waals surface area contributed by atoms with Crippen LogP contribution in [0.5, 0.6) is 11.5 Å². The molecular weight excluding hydrogens is 252 g/mol. The summed E-state index contributed by atoms with van der Waals surface area (Å²) in [5.74, 6) is -1.94. The number of para-hydroxylation sites is 1. The van der Waals surface area contributed by atoms with Gasteiger partial charge < -0.3 is 19.7 Å². The Morgan fingerprint density at radius 1 is 1.05 bits per heavy atom. The van der Waals surface area contributed by atoms with Crippen molar-refractivity contribution in [3.05, 3.63) is 23.8 Å². The van der Waals surface area contributed by atoms with Gasteiger partial charge in [-0.05, 0) is 32.4 Å². The van der Waals surface area contributed by atoms with E-state index in [9.17, 15) is 9.59 Å². The molecule has 1 aromatic carbocycles. The molecule has 0 heterocycles. The smallest absolute Gasteiger partial charge is 0.417 e. The lowest BCUT2D eigenvalue weighted by Crippen LogP contribution is -2.19. The monoisotopic (exact) mass is 270 g/mol. The third-order valence-electron chi connectivity index (χ3n) is 1.93. The molecule has 19 heavy (non-hydrogen) atoms. The molecule has 0 fully saturated rings. The van der Waals surface area contributed by atoms with Crippen molar-refractivity contribution in [1.29, 1.82) is 0 Å². The Hall–Kier alpha value is -2.24. The number of hydrogen-bond acceptors (Lipinski definition) is 6. The van der Waals surface area contributed by atoms with Crippen molar-refractivity contribution in [1.82, 2.24) is 0 Å². The van der Waals surface area contributed by atoms with Crippen molar-refractivity contribution in [3.8, 4) is 11.5 Å². The summed E-state index contributed by atoms with van der Waals surface area (Å²) in [6.07, 6.45) is 0. The predicted molar refractivity (Wildman–Crippen MR) is 67.8 cm³/mol. The third-order valence-corrected chi connectivity index (χ3v) is 1.93. The van der Waals surface area contributed by atoms with Crippen LogP contribution in [0.15, 0.2) is 18.2 Å². The number of carbonyl (C=O) groups excluding carboxylic acids is 2. The highest BCUT2D eigenvalue weighted by Gasteiger charge is 2.14. The van der Waals surface area contributed by atoms with E-state index in [0.717, 1.165) is 0 Å². The summed E-state index contributed by atoms with van der Waals surface area (Å²) in [6.45, 7) is 5.36. The van der Waals surface area contributed by atoms with Crippen LogP contribution < -0.4 is 0 Å². The maximum absolute atomic E-state index is 10.4. The van der Waals surface area contributed by atoms with Gasteiger partial charge in [0.15, 0.2) is 11.5 Å². The van der Waals surface area contributed by atoms with E-state index in [0.29, 0.717) is 5.56 Å². The summed E-state index contributed by atoms with van der Waals surface area (Å²) in [5, 5.41) is 17.8. The van der Waals surface area contributed by atoms with E-state index in [-0.39, 0.29) is 24.7 Å². The fourth-order valence-electron chi connectivity index (χ4n) is 1.02. The van der Waals surface area contributed by atoms with Crippen molar-refractivity contribution in [3.63, 3.8) is 0 Å². The first kappa shape index (κ1) is 16.8. The molecule has 106 valence electrons. The number of ether oxygens (including phenoxy) is 2. The number of esters is 2. The molecule has 0 aliphatic carbocycles. The van der Waals surface area contributed by atoms with Crippen molar-refractivity contribution < 1.29 is 29.3 Å². The fourth-order valence-corrected chi connectivity index (χ4v) is 1.02. The Morgan fingerprint density at radius 2 is 1.53 bits per heavy atom. The molecule has 6 heteroatoms. The topological polar surface area (TPSA) is 93.1 Å². The van der Waals surface area contributed by atoms with E-state index in [1.54, 1.807) is 32.9 Å². The van der Waals surface area contributed by atoms with Crippen LogP contribution in [0, 0.1) is 6.92 Å². The number of hydrogen-bond donors (Lipinski definition) is 2. The average Bonchev–Trinajstić information content (AvgIpc) is 2.37. The van der Waals surface area contributed by atoms with E-state index < -0.39 is 11.9 Å². The minimum Gasteiger partial charge on any atom is -0.504 e. The summed E-state index contributed by atoms with van der Waals surface area (Å²) in [6, 6.07) is 4.86.